The molecule has 1 aromatic heterocycles. The summed E-state index contributed by atoms with van der Waals surface area (Å²) in [6, 6.07) is 4.74. The van der Waals surface area contributed by atoms with E-state index in [-0.39, 0.29) is 35.9 Å². The molecule has 7 N–H and O–H groups in total. The number of amides is 2. The summed E-state index contributed by atoms with van der Waals surface area (Å²) in [7, 11) is 1.53. The first kappa shape index (κ1) is 32.3. The number of methoxy groups -OCH3 is 1. The number of quaternary nitrogens is 1. The Morgan fingerprint density at radius 2 is 2.05 bits per heavy atom. The van der Waals surface area contributed by atoms with Crippen LogP contribution in [0.25, 0.3) is 10.9 Å². The van der Waals surface area contributed by atoms with Gasteiger partial charge in [-0.05, 0) is 57.7 Å². The second-order valence-corrected chi connectivity index (χ2v) is 12.8. The molecule has 4 rings (SSSR count). The van der Waals surface area contributed by atoms with Crippen LogP contribution in [-0.2, 0) is 14.3 Å². The number of benzene rings is 1. The van der Waals surface area contributed by atoms with Crippen LogP contribution in [0.3, 0.4) is 0 Å². The molecule has 2 aromatic rings. The molecule has 1 unspecified atom stereocenters. The Morgan fingerprint density at radius 3 is 2.63 bits per heavy atom. The van der Waals surface area contributed by atoms with Crippen molar-refractivity contribution in [2.75, 3.05) is 13.7 Å². The Bertz CT molecular complexity index is 1500. The van der Waals surface area contributed by atoms with Crippen molar-refractivity contribution in [1.29, 1.82) is 5.41 Å². The van der Waals surface area contributed by atoms with Gasteiger partial charge in [0.1, 0.15) is 24.7 Å². The number of nitrogens with zero attached hydrogens (tertiary/aromatic N) is 2. The number of aromatic nitrogens is 2. The standard InChI is InChI=1S/C29H36FIN6O6/c1-29(2,40)15-42-18-9-11-20-22(13-18)37(28(30)31-3)36-24(20)27(39)35-16-5-7-17(8-6-16)43-26(33)23(25(32)38)21-12-10-19(41-4)14-34-21/h9-14,16-17,28,33-34,40H,3,5-8,15H2,1-2,4H3,(H2,32,38)(H,35,39)/p+1/b23-21-,33-26?. The summed E-state index contributed by atoms with van der Waals surface area (Å²) in [6.07, 6.45) is 6.87. The van der Waals surface area contributed by atoms with Crippen molar-refractivity contribution in [1.82, 2.24) is 15.1 Å². The van der Waals surface area contributed by atoms with Crippen molar-refractivity contribution in [2.24, 2.45) is 5.73 Å². The highest BCUT2D eigenvalue weighted by molar-refractivity contribution is 14.2. The van der Waals surface area contributed by atoms with Crippen molar-refractivity contribution in [3.8, 4) is 5.75 Å². The maximum Gasteiger partial charge on any atom is 0.272 e. The third-order valence-corrected chi connectivity index (χ3v) is 8.20. The SMILES string of the molecule is C=IC(F)n1nc(C(=O)NC2CCC(OC(=N)/C(C(N)=O)=C3/C=CC(OC)=C[NH2+]3)CC2)c2ccc(OCC(C)(C)O)cc21. The zero-order valence-electron chi connectivity index (χ0n) is 24.2. The molecule has 14 heteroatoms. The van der Waals surface area contributed by atoms with E-state index in [1.807, 2.05) is 0 Å². The molecule has 1 aliphatic heterocycles. The lowest BCUT2D eigenvalue weighted by Gasteiger charge is -2.29. The van der Waals surface area contributed by atoms with Gasteiger partial charge in [-0.1, -0.05) is 25.2 Å². The highest BCUT2D eigenvalue weighted by Crippen LogP contribution is 2.31. The second-order valence-electron chi connectivity index (χ2n) is 10.9. The molecule has 1 fully saturated rings. The third kappa shape index (κ3) is 8.06. The smallest absolute Gasteiger partial charge is 0.272 e. The number of carbonyl (C=O) groups excluding carboxylic acids is 2. The van der Waals surface area contributed by atoms with Crippen LogP contribution in [0.5, 0.6) is 5.75 Å². The van der Waals surface area contributed by atoms with E-state index in [9.17, 15) is 19.1 Å². The van der Waals surface area contributed by atoms with E-state index < -0.39 is 42.4 Å². The number of allylic oxidation sites excluding steroid dienone is 2. The van der Waals surface area contributed by atoms with Gasteiger partial charge in [-0.2, -0.15) is 5.10 Å². The molecule has 1 atom stereocenters. The molecule has 0 spiro atoms. The Hall–Kier alpha value is -3.63. The van der Waals surface area contributed by atoms with Crippen molar-refractivity contribution in [2.45, 2.75) is 61.6 Å². The number of aliphatic hydroxyl groups is 1. The molecule has 2 heterocycles. The fourth-order valence-electron chi connectivity index (χ4n) is 4.80. The molecule has 2 amide bonds. The Kier molecular flexibility index (Phi) is 10.3. The van der Waals surface area contributed by atoms with E-state index in [0.717, 1.165) is 0 Å². The van der Waals surface area contributed by atoms with Crippen LogP contribution in [0, 0.1) is 5.41 Å². The van der Waals surface area contributed by atoms with Gasteiger partial charge >= 0.3 is 0 Å². The van der Waals surface area contributed by atoms with Gasteiger partial charge in [-0.25, -0.2) is 9.07 Å². The predicted molar refractivity (Wildman–Crippen MR) is 168 cm³/mol. The molecule has 0 bridgehead atoms. The predicted octanol–water partition coefficient (Wildman–Crippen LogP) is 2.41. The van der Waals surface area contributed by atoms with Gasteiger partial charge in [0.15, 0.2) is 22.7 Å². The molecule has 2 aliphatic rings. The molecule has 232 valence electrons. The van der Waals surface area contributed by atoms with Crippen LogP contribution >= 0.6 is 20.7 Å². The maximum atomic E-state index is 14.8. The number of fused-ring (bicyclic) bond motifs is 1. The van der Waals surface area contributed by atoms with Crippen LogP contribution in [0.4, 0.5) is 4.39 Å². The van der Waals surface area contributed by atoms with Crippen LogP contribution in [0.15, 0.2) is 53.6 Å². The topological polar surface area (TPSA) is 178 Å². The third-order valence-electron chi connectivity index (χ3n) is 6.94. The molecule has 0 radical (unpaired) electrons. The normalized spacial score (nSPS) is 20.6. The summed E-state index contributed by atoms with van der Waals surface area (Å²) in [5.74, 6) is -0.471. The van der Waals surface area contributed by atoms with Gasteiger partial charge in [-0.3, -0.25) is 20.3 Å². The van der Waals surface area contributed by atoms with E-state index >= 15 is 0 Å². The number of carbonyl (C=O) groups is 2. The monoisotopic (exact) mass is 711 g/mol. The van der Waals surface area contributed by atoms with Gasteiger partial charge < -0.3 is 30.4 Å². The quantitative estimate of drug-likeness (QED) is 0.0782. The molecule has 1 saturated carbocycles. The summed E-state index contributed by atoms with van der Waals surface area (Å²) in [5.41, 5.74) is 5.45. The highest BCUT2D eigenvalue weighted by Gasteiger charge is 2.30. The zero-order valence-corrected chi connectivity index (χ0v) is 26.4. The minimum atomic E-state index is -1.43. The fraction of sp³-hybridized carbons (Fsp3) is 0.414. The van der Waals surface area contributed by atoms with E-state index in [1.165, 1.54) is 11.8 Å². The number of rotatable bonds is 11. The van der Waals surface area contributed by atoms with Gasteiger partial charge in [0.25, 0.3) is 11.8 Å². The number of alkyl halides is 2. The van der Waals surface area contributed by atoms with E-state index in [4.69, 9.17) is 25.4 Å². The Labute approximate surface area is 258 Å². The minimum absolute atomic E-state index is 0.0231. The number of primary amides is 1. The minimum Gasteiger partial charge on any atom is -0.491 e. The fourth-order valence-corrected chi connectivity index (χ4v) is 5.59. The Balaban J connectivity index is 1.40. The summed E-state index contributed by atoms with van der Waals surface area (Å²) in [4.78, 5) is 25.4. The summed E-state index contributed by atoms with van der Waals surface area (Å²) in [6.45, 7) is 3.27. The highest BCUT2D eigenvalue weighted by atomic mass is 127. The molecular formula is C29H37FIN6O6+. The van der Waals surface area contributed by atoms with Crippen LogP contribution in [0.1, 0.15) is 54.3 Å². The first-order valence-electron chi connectivity index (χ1n) is 13.7. The molecule has 1 aromatic carbocycles. The number of hydrogen-bond acceptors (Lipinski definition) is 8. The first-order chi connectivity index (χ1) is 20.4. The van der Waals surface area contributed by atoms with Gasteiger partial charge in [0.05, 0.1) is 18.2 Å². The number of hydrogen-bond donors (Lipinski definition) is 5. The lowest BCUT2D eigenvalue weighted by atomic mass is 9.92. The van der Waals surface area contributed by atoms with Crippen molar-refractivity contribution < 1.29 is 38.6 Å². The van der Waals surface area contributed by atoms with Gasteiger partial charge in [-0.15, -0.1) is 0 Å². The van der Waals surface area contributed by atoms with Crippen LogP contribution in [0.2, 0.25) is 0 Å². The summed E-state index contributed by atoms with van der Waals surface area (Å²) < 4.78 is 34.9. The van der Waals surface area contributed by atoms with Crippen LogP contribution < -0.4 is 21.1 Å². The van der Waals surface area contributed by atoms with Crippen molar-refractivity contribution in [3.63, 3.8) is 0 Å². The lowest BCUT2D eigenvalue weighted by molar-refractivity contribution is -0.533. The first-order valence-corrected chi connectivity index (χ1v) is 16.4. The number of nitrogens with one attached hydrogen (secondary N) is 2. The Morgan fingerprint density at radius 1 is 1.33 bits per heavy atom. The van der Waals surface area contributed by atoms with Crippen molar-refractivity contribution >= 4 is 53.9 Å². The van der Waals surface area contributed by atoms with E-state index in [2.05, 4.69) is 14.9 Å². The number of ether oxygens (including phenoxy) is 3. The zero-order chi connectivity index (χ0) is 31.3. The molecule has 1 aliphatic carbocycles. The number of halogens is 2. The van der Waals surface area contributed by atoms with Crippen LogP contribution in [-0.4, -0.2) is 68.6 Å². The second kappa shape index (κ2) is 13.8. The van der Waals surface area contributed by atoms with Gasteiger partial charge in [0.2, 0.25) is 10.2 Å². The molecule has 43 heavy (non-hydrogen) atoms. The lowest BCUT2D eigenvalue weighted by Crippen LogP contribution is -2.77. The van der Waals surface area contributed by atoms with E-state index in [1.54, 1.807) is 55.7 Å². The average molecular weight is 712 g/mol. The largest absolute Gasteiger partial charge is 0.491 e. The number of nitrogens with two attached hydrogens (primary N) is 2. The summed E-state index contributed by atoms with van der Waals surface area (Å²) >= 11 is -1.11. The van der Waals surface area contributed by atoms with Crippen molar-refractivity contribution in [3.05, 3.63) is 59.3 Å². The van der Waals surface area contributed by atoms with E-state index in [0.29, 0.717) is 53.8 Å². The average Bonchev–Trinajstić information content (AvgIpc) is 3.35. The maximum absolute atomic E-state index is 14.8. The summed E-state index contributed by atoms with van der Waals surface area (Å²) in [5, 5.41) is 27.8. The van der Waals surface area contributed by atoms with Gasteiger partial charge in [0, 0.05) is 23.6 Å². The molecule has 0 saturated heterocycles. The molecule has 12 nitrogen and oxygen atoms in total. The molecular weight excluding hydrogens is 674 g/mol.